The number of hydrogen-bond donors (Lipinski definition) is 3. The minimum Gasteiger partial charge on any atom is -0.493 e. The van der Waals surface area contributed by atoms with Crippen molar-refractivity contribution in [1.29, 1.82) is 0 Å². The van der Waals surface area contributed by atoms with Crippen LogP contribution >= 0.6 is 24.0 Å². The molecule has 0 bridgehead atoms. The number of amides is 1. The summed E-state index contributed by atoms with van der Waals surface area (Å²) in [7, 11) is 3.22. The minimum atomic E-state index is -0.512. The molecule has 164 valence electrons. The standard InChI is InChI=1S/C21H28N4O4.HI/c1-4-23-21(25-13-16-8-9-18(27-2)19(11-16)28-3)24-12-15-6-5-7-17(10-15)29-14-20(22)26;/h5-11H,4,12-14H2,1-3H3,(H2,22,26)(H2,23,24,25);1H. The first-order valence-corrected chi connectivity index (χ1v) is 9.28. The maximum Gasteiger partial charge on any atom is 0.255 e. The highest BCUT2D eigenvalue weighted by molar-refractivity contribution is 14.0. The van der Waals surface area contributed by atoms with Crippen LogP contribution in [0.25, 0.3) is 0 Å². The van der Waals surface area contributed by atoms with Crippen LogP contribution in [-0.4, -0.2) is 39.2 Å². The lowest BCUT2D eigenvalue weighted by atomic mass is 10.2. The zero-order chi connectivity index (χ0) is 21.1. The summed E-state index contributed by atoms with van der Waals surface area (Å²) in [5.74, 6) is 2.13. The Morgan fingerprint density at radius 1 is 1.03 bits per heavy atom. The molecule has 2 aromatic carbocycles. The number of hydrogen-bond acceptors (Lipinski definition) is 5. The fourth-order valence-electron chi connectivity index (χ4n) is 2.58. The van der Waals surface area contributed by atoms with Gasteiger partial charge in [-0.1, -0.05) is 18.2 Å². The Kier molecular flexibility index (Phi) is 11.4. The van der Waals surface area contributed by atoms with Gasteiger partial charge in [0.05, 0.1) is 20.8 Å². The average molecular weight is 528 g/mol. The van der Waals surface area contributed by atoms with Gasteiger partial charge in [0.25, 0.3) is 5.91 Å². The van der Waals surface area contributed by atoms with E-state index in [-0.39, 0.29) is 30.6 Å². The molecule has 9 heteroatoms. The third-order valence-electron chi connectivity index (χ3n) is 3.95. The van der Waals surface area contributed by atoms with E-state index in [2.05, 4.69) is 15.6 Å². The highest BCUT2D eigenvalue weighted by Crippen LogP contribution is 2.27. The third kappa shape index (κ3) is 8.36. The van der Waals surface area contributed by atoms with Crippen molar-refractivity contribution in [2.75, 3.05) is 27.4 Å². The van der Waals surface area contributed by atoms with E-state index in [4.69, 9.17) is 19.9 Å². The number of methoxy groups -OCH3 is 2. The summed E-state index contributed by atoms with van der Waals surface area (Å²) < 4.78 is 15.9. The van der Waals surface area contributed by atoms with Gasteiger partial charge in [-0.15, -0.1) is 24.0 Å². The van der Waals surface area contributed by atoms with Crippen molar-refractivity contribution in [3.8, 4) is 17.2 Å². The Morgan fingerprint density at radius 2 is 1.80 bits per heavy atom. The predicted molar refractivity (Wildman–Crippen MR) is 128 cm³/mol. The molecule has 0 radical (unpaired) electrons. The Morgan fingerprint density at radius 3 is 2.47 bits per heavy atom. The van der Waals surface area contributed by atoms with E-state index in [0.717, 1.165) is 17.7 Å². The highest BCUT2D eigenvalue weighted by Gasteiger charge is 2.06. The molecular formula is C21H29IN4O4. The lowest BCUT2D eigenvalue weighted by Gasteiger charge is -2.13. The van der Waals surface area contributed by atoms with Crippen LogP contribution in [0, 0.1) is 0 Å². The monoisotopic (exact) mass is 528 g/mol. The molecule has 4 N–H and O–H groups in total. The lowest BCUT2D eigenvalue weighted by molar-refractivity contribution is -0.119. The number of primary amides is 1. The summed E-state index contributed by atoms with van der Waals surface area (Å²) in [6.07, 6.45) is 0. The number of carbonyl (C=O) groups is 1. The zero-order valence-corrected chi connectivity index (χ0v) is 19.8. The minimum absolute atomic E-state index is 0. The predicted octanol–water partition coefficient (Wildman–Crippen LogP) is 2.44. The highest BCUT2D eigenvalue weighted by atomic mass is 127. The van der Waals surface area contributed by atoms with Gasteiger partial charge >= 0.3 is 0 Å². The van der Waals surface area contributed by atoms with E-state index >= 15 is 0 Å². The molecule has 0 spiro atoms. The summed E-state index contributed by atoms with van der Waals surface area (Å²) >= 11 is 0. The van der Waals surface area contributed by atoms with Crippen LogP contribution in [0.2, 0.25) is 0 Å². The van der Waals surface area contributed by atoms with E-state index in [1.54, 1.807) is 20.3 Å². The van der Waals surface area contributed by atoms with Crippen molar-refractivity contribution in [3.05, 3.63) is 53.6 Å². The molecule has 0 saturated heterocycles. The smallest absolute Gasteiger partial charge is 0.255 e. The van der Waals surface area contributed by atoms with Gasteiger partial charge < -0.3 is 30.6 Å². The summed E-state index contributed by atoms with van der Waals surface area (Å²) in [4.78, 5) is 15.5. The first-order valence-electron chi connectivity index (χ1n) is 9.28. The van der Waals surface area contributed by atoms with Crippen molar-refractivity contribution in [2.45, 2.75) is 20.0 Å². The zero-order valence-electron chi connectivity index (χ0n) is 17.4. The van der Waals surface area contributed by atoms with Crippen molar-refractivity contribution >= 4 is 35.8 Å². The Bertz CT molecular complexity index is 846. The van der Waals surface area contributed by atoms with Crippen LogP contribution in [0.4, 0.5) is 0 Å². The quantitative estimate of drug-likeness (QED) is 0.249. The maximum atomic E-state index is 10.9. The average Bonchev–Trinajstić information content (AvgIpc) is 2.74. The first kappa shape index (κ1) is 25.3. The SMILES string of the molecule is CCNC(=NCc1cccc(OCC(N)=O)c1)NCc1ccc(OC)c(OC)c1.I. The molecule has 2 aromatic rings. The van der Waals surface area contributed by atoms with Gasteiger partial charge in [-0.25, -0.2) is 4.99 Å². The van der Waals surface area contributed by atoms with Crippen molar-refractivity contribution in [3.63, 3.8) is 0 Å². The number of ether oxygens (including phenoxy) is 3. The first-order chi connectivity index (χ1) is 14.0. The lowest BCUT2D eigenvalue weighted by Crippen LogP contribution is -2.36. The molecule has 30 heavy (non-hydrogen) atoms. The van der Waals surface area contributed by atoms with Crippen LogP contribution in [0.3, 0.4) is 0 Å². The number of halogens is 1. The van der Waals surface area contributed by atoms with Crippen molar-refractivity contribution < 1.29 is 19.0 Å². The van der Waals surface area contributed by atoms with Gasteiger partial charge in [0.1, 0.15) is 5.75 Å². The van der Waals surface area contributed by atoms with E-state index in [1.807, 2.05) is 43.3 Å². The third-order valence-corrected chi connectivity index (χ3v) is 3.95. The number of rotatable bonds is 10. The van der Waals surface area contributed by atoms with E-state index in [0.29, 0.717) is 36.3 Å². The van der Waals surface area contributed by atoms with E-state index < -0.39 is 5.91 Å². The molecule has 1 amide bonds. The summed E-state index contributed by atoms with van der Waals surface area (Å²) in [5, 5.41) is 6.52. The number of nitrogens with zero attached hydrogens (tertiary/aromatic N) is 1. The van der Waals surface area contributed by atoms with Gasteiger partial charge in [-0.3, -0.25) is 4.79 Å². The van der Waals surface area contributed by atoms with Crippen LogP contribution in [0.5, 0.6) is 17.2 Å². The Balaban J connectivity index is 0.00000450. The second kappa shape index (κ2) is 13.5. The fourth-order valence-corrected chi connectivity index (χ4v) is 2.58. The van der Waals surface area contributed by atoms with Gasteiger partial charge in [0.15, 0.2) is 24.1 Å². The van der Waals surface area contributed by atoms with Gasteiger partial charge in [-0.05, 0) is 42.3 Å². The van der Waals surface area contributed by atoms with Crippen molar-refractivity contribution in [2.24, 2.45) is 10.7 Å². The molecule has 0 aliphatic rings. The van der Waals surface area contributed by atoms with Crippen LogP contribution < -0.4 is 30.6 Å². The van der Waals surface area contributed by atoms with Crippen LogP contribution in [-0.2, 0) is 17.9 Å². The van der Waals surface area contributed by atoms with Gasteiger partial charge in [0.2, 0.25) is 0 Å². The molecule has 0 aliphatic carbocycles. The molecule has 0 unspecified atom stereocenters. The maximum absolute atomic E-state index is 10.9. The van der Waals surface area contributed by atoms with E-state index in [1.165, 1.54) is 0 Å². The molecule has 8 nitrogen and oxygen atoms in total. The Labute approximate surface area is 194 Å². The summed E-state index contributed by atoms with van der Waals surface area (Å²) in [6.45, 7) is 3.62. The summed E-state index contributed by atoms with van der Waals surface area (Å²) in [5.41, 5.74) is 7.10. The molecule has 0 saturated carbocycles. The second-order valence-corrected chi connectivity index (χ2v) is 6.14. The van der Waals surface area contributed by atoms with Crippen LogP contribution in [0.15, 0.2) is 47.5 Å². The van der Waals surface area contributed by atoms with Crippen LogP contribution in [0.1, 0.15) is 18.1 Å². The molecule has 0 heterocycles. The molecule has 0 aliphatic heterocycles. The number of guanidine groups is 1. The summed E-state index contributed by atoms with van der Waals surface area (Å²) in [6, 6.07) is 13.2. The van der Waals surface area contributed by atoms with Gasteiger partial charge in [-0.2, -0.15) is 0 Å². The number of nitrogens with two attached hydrogens (primary N) is 1. The fraction of sp³-hybridized carbons (Fsp3) is 0.333. The molecular weight excluding hydrogens is 499 g/mol. The topological polar surface area (TPSA) is 107 Å². The number of carbonyl (C=O) groups excluding carboxylic acids is 1. The molecule has 0 fully saturated rings. The number of aliphatic imine (C=N–C) groups is 1. The molecule has 2 rings (SSSR count). The molecule has 0 atom stereocenters. The Hall–Kier alpha value is -2.69. The largest absolute Gasteiger partial charge is 0.493 e. The normalized spacial score (nSPS) is 10.6. The van der Waals surface area contributed by atoms with E-state index in [9.17, 15) is 4.79 Å². The molecule has 0 aromatic heterocycles. The van der Waals surface area contributed by atoms with Gasteiger partial charge in [0, 0.05) is 13.1 Å². The second-order valence-electron chi connectivity index (χ2n) is 6.14. The number of nitrogens with one attached hydrogen (secondary N) is 2. The number of benzene rings is 2. The van der Waals surface area contributed by atoms with Crippen molar-refractivity contribution in [1.82, 2.24) is 10.6 Å².